The van der Waals surface area contributed by atoms with Gasteiger partial charge in [-0.2, -0.15) is 0 Å². The summed E-state index contributed by atoms with van der Waals surface area (Å²) in [7, 11) is 0. The number of nitrogens with one attached hydrogen (secondary N) is 1. The standard InChI is InChI=1S/C15H21NO4/c1-10(17)5-6-11-7-8-12(9-13(11)18)16-14(19)20-15(2,3)4/h7-9,18H,5-6H2,1-4H3,(H,16,19). The Hall–Kier alpha value is -2.04. The number of aryl methyl sites for hydroxylation is 1. The predicted molar refractivity (Wildman–Crippen MR) is 77.0 cm³/mol. The molecule has 20 heavy (non-hydrogen) atoms. The first-order valence-corrected chi connectivity index (χ1v) is 6.49. The molecule has 0 aromatic heterocycles. The fraction of sp³-hybridized carbons (Fsp3) is 0.467. The van der Waals surface area contributed by atoms with Gasteiger partial charge in [-0.15, -0.1) is 0 Å². The number of anilines is 1. The molecule has 0 atom stereocenters. The van der Waals surface area contributed by atoms with Crippen LogP contribution < -0.4 is 5.32 Å². The number of carbonyl (C=O) groups excluding carboxylic acids is 2. The van der Waals surface area contributed by atoms with Crippen molar-refractivity contribution < 1.29 is 19.4 Å². The Bertz CT molecular complexity index is 503. The zero-order valence-corrected chi connectivity index (χ0v) is 12.3. The third kappa shape index (κ3) is 5.73. The molecule has 110 valence electrons. The summed E-state index contributed by atoms with van der Waals surface area (Å²) in [4.78, 5) is 22.5. The minimum atomic E-state index is -0.576. The lowest BCUT2D eigenvalue weighted by Crippen LogP contribution is -2.27. The summed E-state index contributed by atoms with van der Waals surface area (Å²) in [5, 5.41) is 12.4. The molecule has 0 heterocycles. The molecular formula is C15H21NO4. The third-order valence-corrected chi connectivity index (χ3v) is 2.48. The van der Waals surface area contributed by atoms with E-state index in [1.54, 1.807) is 32.9 Å². The summed E-state index contributed by atoms with van der Waals surface area (Å²) >= 11 is 0. The van der Waals surface area contributed by atoms with Crippen molar-refractivity contribution in [1.82, 2.24) is 0 Å². The van der Waals surface area contributed by atoms with Crippen LogP contribution in [0.3, 0.4) is 0 Å². The van der Waals surface area contributed by atoms with Crippen molar-refractivity contribution in [2.45, 2.75) is 46.1 Å². The zero-order valence-electron chi connectivity index (χ0n) is 12.3. The number of Topliss-reactive ketones (excluding diaryl/α,β-unsaturated/α-hetero) is 1. The number of benzene rings is 1. The van der Waals surface area contributed by atoms with Gasteiger partial charge in [0.15, 0.2) is 0 Å². The Kier molecular flexibility index (Phi) is 5.13. The van der Waals surface area contributed by atoms with Crippen molar-refractivity contribution in [3.05, 3.63) is 23.8 Å². The van der Waals surface area contributed by atoms with Gasteiger partial charge in [-0.3, -0.25) is 5.32 Å². The van der Waals surface area contributed by atoms with E-state index in [2.05, 4.69) is 5.32 Å². The molecule has 0 aliphatic heterocycles. The van der Waals surface area contributed by atoms with Crippen LogP contribution in [0.25, 0.3) is 0 Å². The van der Waals surface area contributed by atoms with Crippen LogP contribution in [0.2, 0.25) is 0 Å². The van der Waals surface area contributed by atoms with Crippen LogP contribution in [0.1, 0.15) is 39.7 Å². The highest BCUT2D eigenvalue weighted by molar-refractivity contribution is 5.85. The summed E-state index contributed by atoms with van der Waals surface area (Å²) in [6.45, 7) is 6.83. The lowest BCUT2D eigenvalue weighted by atomic mass is 10.1. The largest absolute Gasteiger partial charge is 0.508 e. The minimum absolute atomic E-state index is 0.0554. The first kappa shape index (κ1) is 16.0. The fourth-order valence-electron chi connectivity index (χ4n) is 1.59. The Morgan fingerprint density at radius 1 is 1.30 bits per heavy atom. The van der Waals surface area contributed by atoms with Gasteiger partial charge in [0.2, 0.25) is 0 Å². The average Bonchev–Trinajstić information content (AvgIpc) is 2.24. The van der Waals surface area contributed by atoms with E-state index in [0.29, 0.717) is 24.1 Å². The number of hydrogen-bond donors (Lipinski definition) is 2. The molecule has 0 saturated heterocycles. The first-order chi connectivity index (χ1) is 9.17. The average molecular weight is 279 g/mol. The summed E-state index contributed by atoms with van der Waals surface area (Å²) in [6.07, 6.45) is 0.286. The van der Waals surface area contributed by atoms with Gasteiger partial charge in [0.1, 0.15) is 17.1 Å². The normalized spacial score (nSPS) is 11.0. The second kappa shape index (κ2) is 6.41. The van der Waals surface area contributed by atoms with E-state index in [1.807, 2.05) is 0 Å². The van der Waals surface area contributed by atoms with Crippen LogP contribution in [0, 0.1) is 0 Å². The fourth-order valence-corrected chi connectivity index (χ4v) is 1.59. The number of hydrogen-bond acceptors (Lipinski definition) is 4. The van der Waals surface area contributed by atoms with Gasteiger partial charge in [0, 0.05) is 18.2 Å². The topological polar surface area (TPSA) is 75.6 Å². The van der Waals surface area contributed by atoms with Gasteiger partial charge >= 0.3 is 6.09 Å². The molecule has 0 fully saturated rings. The number of amides is 1. The summed E-state index contributed by atoms with van der Waals surface area (Å²) in [6, 6.07) is 4.80. The molecule has 0 unspecified atom stereocenters. The van der Waals surface area contributed by atoms with Gasteiger partial charge in [0.25, 0.3) is 0 Å². The van der Waals surface area contributed by atoms with E-state index in [0.717, 1.165) is 0 Å². The number of rotatable bonds is 4. The zero-order chi connectivity index (χ0) is 15.3. The molecule has 1 aromatic rings. The highest BCUT2D eigenvalue weighted by Crippen LogP contribution is 2.23. The van der Waals surface area contributed by atoms with Crippen LogP contribution in [-0.4, -0.2) is 22.6 Å². The van der Waals surface area contributed by atoms with Crippen molar-refractivity contribution in [1.29, 1.82) is 0 Å². The molecule has 2 N–H and O–H groups in total. The molecule has 0 saturated carbocycles. The number of carbonyl (C=O) groups is 2. The van der Waals surface area contributed by atoms with E-state index >= 15 is 0 Å². The summed E-state index contributed by atoms with van der Waals surface area (Å²) in [5.74, 6) is 0.125. The Labute approximate surface area is 118 Å². The van der Waals surface area contributed by atoms with Crippen LogP contribution >= 0.6 is 0 Å². The smallest absolute Gasteiger partial charge is 0.412 e. The van der Waals surface area contributed by atoms with Crippen LogP contribution in [0.5, 0.6) is 5.75 Å². The summed E-state index contributed by atoms with van der Waals surface area (Å²) < 4.78 is 5.11. The molecule has 5 heteroatoms. The second-order valence-corrected chi connectivity index (χ2v) is 5.67. The van der Waals surface area contributed by atoms with Gasteiger partial charge in [-0.1, -0.05) is 6.07 Å². The lowest BCUT2D eigenvalue weighted by molar-refractivity contribution is -0.116. The molecule has 1 rings (SSSR count). The monoisotopic (exact) mass is 279 g/mol. The van der Waals surface area contributed by atoms with E-state index < -0.39 is 11.7 Å². The first-order valence-electron chi connectivity index (χ1n) is 6.49. The maximum atomic E-state index is 11.6. The Morgan fingerprint density at radius 2 is 1.95 bits per heavy atom. The maximum absolute atomic E-state index is 11.6. The minimum Gasteiger partial charge on any atom is -0.508 e. The van der Waals surface area contributed by atoms with Gasteiger partial charge in [0.05, 0.1) is 0 Å². The molecule has 1 aromatic carbocycles. The van der Waals surface area contributed by atoms with Crippen molar-refractivity contribution in [3.8, 4) is 5.75 Å². The van der Waals surface area contributed by atoms with Crippen molar-refractivity contribution in [2.24, 2.45) is 0 Å². The van der Waals surface area contributed by atoms with Gasteiger partial charge in [-0.05, 0) is 45.7 Å². The van der Waals surface area contributed by atoms with E-state index in [4.69, 9.17) is 4.74 Å². The Morgan fingerprint density at radius 3 is 2.45 bits per heavy atom. The van der Waals surface area contributed by atoms with E-state index in [-0.39, 0.29) is 11.5 Å². The molecule has 0 bridgehead atoms. The molecule has 1 amide bonds. The van der Waals surface area contributed by atoms with Crippen molar-refractivity contribution in [2.75, 3.05) is 5.32 Å². The van der Waals surface area contributed by atoms with Gasteiger partial charge in [-0.25, -0.2) is 4.79 Å². The maximum Gasteiger partial charge on any atom is 0.412 e. The van der Waals surface area contributed by atoms with E-state index in [1.165, 1.54) is 13.0 Å². The highest BCUT2D eigenvalue weighted by Gasteiger charge is 2.16. The number of phenols is 1. The molecule has 5 nitrogen and oxygen atoms in total. The third-order valence-electron chi connectivity index (χ3n) is 2.48. The quantitative estimate of drug-likeness (QED) is 0.887. The molecular weight excluding hydrogens is 258 g/mol. The molecule has 0 aliphatic rings. The molecule has 0 radical (unpaired) electrons. The highest BCUT2D eigenvalue weighted by atomic mass is 16.6. The van der Waals surface area contributed by atoms with Gasteiger partial charge < -0.3 is 14.6 Å². The van der Waals surface area contributed by atoms with Crippen LogP contribution in [-0.2, 0) is 16.0 Å². The summed E-state index contributed by atoms with van der Waals surface area (Å²) in [5.41, 5.74) is 0.548. The SMILES string of the molecule is CC(=O)CCc1ccc(NC(=O)OC(C)(C)C)cc1O. The number of phenolic OH excluding ortho intramolecular Hbond substituents is 1. The second-order valence-electron chi connectivity index (χ2n) is 5.67. The van der Waals surface area contributed by atoms with Crippen molar-refractivity contribution in [3.63, 3.8) is 0 Å². The lowest BCUT2D eigenvalue weighted by Gasteiger charge is -2.19. The number of ketones is 1. The van der Waals surface area contributed by atoms with Crippen LogP contribution in [0.4, 0.5) is 10.5 Å². The number of ether oxygens (including phenoxy) is 1. The van der Waals surface area contributed by atoms with Crippen LogP contribution in [0.15, 0.2) is 18.2 Å². The van der Waals surface area contributed by atoms with Crippen molar-refractivity contribution >= 4 is 17.6 Å². The van der Waals surface area contributed by atoms with E-state index in [9.17, 15) is 14.7 Å². The Balaban J connectivity index is 2.67. The molecule has 0 spiro atoms. The number of aromatic hydroxyl groups is 1. The predicted octanol–water partition coefficient (Wildman–Crippen LogP) is 3.26. The molecule has 0 aliphatic carbocycles.